The van der Waals surface area contributed by atoms with Crippen LogP contribution in [0.1, 0.15) is 68.0 Å². The fourth-order valence-electron chi connectivity index (χ4n) is 5.54. The molecule has 1 aliphatic carbocycles. The maximum atomic E-state index is 12.4. The largest absolute Gasteiger partial charge is 0.393 e. The Balaban J connectivity index is 1.54. The molecule has 1 aliphatic heterocycles. The summed E-state index contributed by atoms with van der Waals surface area (Å²) >= 11 is 0. The van der Waals surface area contributed by atoms with Crippen LogP contribution in [0.15, 0.2) is 53.1 Å². The molecule has 2 fully saturated rings. The highest BCUT2D eigenvalue weighted by molar-refractivity contribution is 5.58. The van der Waals surface area contributed by atoms with Crippen molar-refractivity contribution in [1.82, 2.24) is 15.0 Å². The van der Waals surface area contributed by atoms with Gasteiger partial charge >= 0.3 is 0 Å². The fourth-order valence-corrected chi connectivity index (χ4v) is 5.54. The molecule has 0 radical (unpaired) electrons. The van der Waals surface area contributed by atoms with Gasteiger partial charge in [0, 0.05) is 30.0 Å². The van der Waals surface area contributed by atoms with Gasteiger partial charge in [-0.3, -0.25) is 0 Å². The second-order valence-electron chi connectivity index (χ2n) is 10.6. The van der Waals surface area contributed by atoms with Crippen molar-refractivity contribution in [3.05, 3.63) is 71.1 Å². The van der Waals surface area contributed by atoms with E-state index in [1.165, 1.54) is 5.56 Å². The molecule has 1 atom stereocenters. The molecule has 3 aromatic rings. The van der Waals surface area contributed by atoms with E-state index in [9.17, 15) is 10.2 Å². The highest BCUT2D eigenvalue weighted by Crippen LogP contribution is 2.50. The lowest BCUT2D eigenvalue weighted by molar-refractivity contribution is -0.127. The van der Waals surface area contributed by atoms with E-state index in [4.69, 9.17) is 4.52 Å². The Bertz CT molecular complexity index is 1130. The van der Waals surface area contributed by atoms with Crippen molar-refractivity contribution in [2.24, 2.45) is 5.41 Å². The first-order chi connectivity index (χ1) is 15.7. The molecule has 0 unspecified atom stereocenters. The molecule has 6 nitrogen and oxygen atoms in total. The van der Waals surface area contributed by atoms with Crippen LogP contribution in [0.4, 0.5) is 0 Å². The predicted molar refractivity (Wildman–Crippen MR) is 127 cm³/mol. The number of rotatable bonds is 6. The minimum Gasteiger partial charge on any atom is -0.393 e. The summed E-state index contributed by atoms with van der Waals surface area (Å²) in [5.41, 5.74) is 2.32. The zero-order chi connectivity index (χ0) is 23.4. The van der Waals surface area contributed by atoms with Crippen molar-refractivity contribution in [2.75, 3.05) is 20.1 Å². The molecule has 2 aliphatic rings. The van der Waals surface area contributed by atoms with E-state index >= 15 is 0 Å². The monoisotopic (exact) mass is 447 g/mol. The Morgan fingerprint density at radius 2 is 1.79 bits per heavy atom. The van der Waals surface area contributed by atoms with Crippen LogP contribution < -0.4 is 0 Å². The van der Waals surface area contributed by atoms with Crippen molar-refractivity contribution in [1.29, 1.82) is 0 Å². The third-order valence-electron chi connectivity index (χ3n) is 7.55. The van der Waals surface area contributed by atoms with E-state index in [2.05, 4.69) is 67.1 Å². The van der Waals surface area contributed by atoms with E-state index < -0.39 is 5.60 Å². The normalized spacial score (nSPS) is 24.2. The van der Waals surface area contributed by atoms with Crippen LogP contribution in [0.5, 0.6) is 0 Å². The summed E-state index contributed by atoms with van der Waals surface area (Å²) in [6.45, 7) is 8.11. The summed E-state index contributed by atoms with van der Waals surface area (Å²) in [4.78, 5) is 6.83. The molecule has 5 rings (SSSR count). The SMILES string of the molecule is CC(C)c1ccc([C@](O)(c2cccc(-c3noc(C4CC(O)C4)n3)c2)C2(C)CN(C)C2)cc1. The lowest BCUT2D eigenvalue weighted by Gasteiger charge is -2.56. The number of aromatic nitrogens is 2. The molecule has 1 saturated carbocycles. The number of benzene rings is 2. The van der Waals surface area contributed by atoms with Crippen LogP contribution in [0.2, 0.25) is 0 Å². The van der Waals surface area contributed by atoms with Crippen molar-refractivity contribution in [2.45, 2.75) is 57.2 Å². The van der Waals surface area contributed by atoms with Crippen molar-refractivity contribution >= 4 is 0 Å². The van der Waals surface area contributed by atoms with Gasteiger partial charge in [-0.2, -0.15) is 4.98 Å². The van der Waals surface area contributed by atoms with Crippen LogP contribution in [-0.2, 0) is 5.60 Å². The quantitative estimate of drug-likeness (QED) is 0.587. The minimum atomic E-state index is -1.16. The van der Waals surface area contributed by atoms with Crippen LogP contribution in [0, 0.1) is 5.41 Å². The van der Waals surface area contributed by atoms with Gasteiger partial charge in [0.2, 0.25) is 11.7 Å². The fraction of sp³-hybridized carbons (Fsp3) is 0.481. The van der Waals surface area contributed by atoms with E-state index in [0.717, 1.165) is 29.8 Å². The van der Waals surface area contributed by atoms with Gasteiger partial charge in [0.05, 0.1) is 6.10 Å². The summed E-state index contributed by atoms with van der Waals surface area (Å²) < 4.78 is 5.49. The Labute approximate surface area is 195 Å². The molecular weight excluding hydrogens is 414 g/mol. The Hall–Kier alpha value is -2.54. The standard InChI is InChI=1S/C27H33N3O3/c1-17(2)18-8-10-21(11-9-18)27(32,26(3)15-30(4)16-26)22-7-5-6-19(12-22)24-28-25(33-29-24)20-13-23(31)14-20/h5-12,17,20,23,31-32H,13-16H2,1-4H3/t20?,23?,27-/m0/s1. The molecule has 1 saturated heterocycles. The maximum absolute atomic E-state index is 12.4. The number of aliphatic hydroxyl groups excluding tert-OH is 1. The summed E-state index contributed by atoms with van der Waals surface area (Å²) in [6, 6.07) is 16.3. The number of aliphatic hydroxyl groups is 2. The molecule has 174 valence electrons. The molecule has 2 heterocycles. The van der Waals surface area contributed by atoms with Crippen LogP contribution >= 0.6 is 0 Å². The van der Waals surface area contributed by atoms with Crippen molar-refractivity contribution in [3.8, 4) is 11.4 Å². The second-order valence-corrected chi connectivity index (χ2v) is 10.6. The Morgan fingerprint density at radius 3 is 2.39 bits per heavy atom. The molecule has 1 aromatic heterocycles. The second kappa shape index (κ2) is 8.05. The first-order valence-electron chi connectivity index (χ1n) is 11.8. The van der Waals surface area contributed by atoms with Gasteiger partial charge in [-0.25, -0.2) is 0 Å². The number of likely N-dealkylation sites (tertiary alicyclic amines) is 1. The summed E-state index contributed by atoms with van der Waals surface area (Å²) in [7, 11) is 2.08. The Morgan fingerprint density at radius 1 is 1.09 bits per heavy atom. The first-order valence-corrected chi connectivity index (χ1v) is 11.8. The highest BCUT2D eigenvalue weighted by Gasteiger charge is 2.55. The molecule has 2 aromatic carbocycles. The van der Waals surface area contributed by atoms with Gasteiger partial charge in [0.1, 0.15) is 5.60 Å². The van der Waals surface area contributed by atoms with Crippen LogP contribution in [0.25, 0.3) is 11.4 Å². The summed E-state index contributed by atoms with van der Waals surface area (Å²) in [6.07, 6.45) is 1.06. The Kier molecular flexibility index (Phi) is 5.43. The van der Waals surface area contributed by atoms with Crippen molar-refractivity contribution < 1.29 is 14.7 Å². The van der Waals surface area contributed by atoms with E-state index in [1.54, 1.807) is 0 Å². The zero-order valence-corrected chi connectivity index (χ0v) is 19.8. The summed E-state index contributed by atoms with van der Waals surface area (Å²) in [5, 5.41) is 26.2. The number of hydrogen-bond acceptors (Lipinski definition) is 6. The third kappa shape index (κ3) is 3.70. The van der Waals surface area contributed by atoms with Crippen LogP contribution in [0.3, 0.4) is 0 Å². The maximum Gasteiger partial charge on any atom is 0.230 e. The minimum absolute atomic E-state index is 0.130. The average Bonchev–Trinajstić information content (AvgIpc) is 3.25. The predicted octanol–water partition coefficient (Wildman–Crippen LogP) is 4.29. The molecule has 0 spiro atoms. The molecular formula is C27H33N3O3. The van der Waals surface area contributed by atoms with Gasteiger partial charge in [0.15, 0.2) is 0 Å². The van der Waals surface area contributed by atoms with Gasteiger partial charge in [-0.05, 0) is 48.6 Å². The molecule has 33 heavy (non-hydrogen) atoms. The molecule has 2 N–H and O–H groups in total. The lowest BCUT2D eigenvalue weighted by atomic mass is 9.62. The van der Waals surface area contributed by atoms with Crippen molar-refractivity contribution in [3.63, 3.8) is 0 Å². The van der Waals surface area contributed by atoms with E-state index in [-0.39, 0.29) is 17.4 Å². The number of nitrogens with zero attached hydrogens (tertiary/aromatic N) is 3. The first kappa shape index (κ1) is 22.3. The lowest BCUT2D eigenvalue weighted by Crippen LogP contribution is -2.63. The van der Waals surface area contributed by atoms with Gasteiger partial charge in [-0.1, -0.05) is 68.4 Å². The van der Waals surface area contributed by atoms with Gasteiger partial charge in [-0.15, -0.1) is 0 Å². The topological polar surface area (TPSA) is 82.6 Å². The number of hydrogen-bond donors (Lipinski definition) is 2. The highest BCUT2D eigenvalue weighted by atomic mass is 16.5. The van der Waals surface area contributed by atoms with Gasteiger partial charge in [0.25, 0.3) is 0 Å². The van der Waals surface area contributed by atoms with E-state index in [1.807, 2.05) is 24.3 Å². The van der Waals surface area contributed by atoms with Crippen LogP contribution in [-0.4, -0.2) is 51.5 Å². The van der Waals surface area contributed by atoms with Gasteiger partial charge < -0.3 is 19.6 Å². The molecule has 0 amide bonds. The molecule has 6 heteroatoms. The van der Waals surface area contributed by atoms with E-state index in [0.29, 0.717) is 30.5 Å². The third-order valence-corrected chi connectivity index (χ3v) is 7.55. The smallest absolute Gasteiger partial charge is 0.230 e. The average molecular weight is 448 g/mol. The zero-order valence-electron chi connectivity index (χ0n) is 19.8. The molecule has 0 bridgehead atoms. The summed E-state index contributed by atoms with van der Waals surface area (Å²) in [5.74, 6) is 1.66.